The van der Waals surface area contributed by atoms with Crippen LogP contribution >= 0.6 is 18.7 Å². The van der Waals surface area contributed by atoms with E-state index in [1.807, 2.05) is 86.0 Å². The fourth-order valence-corrected chi connectivity index (χ4v) is 12.2. The van der Waals surface area contributed by atoms with Gasteiger partial charge in [-0.25, -0.2) is 14.8 Å². The Morgan fingerprint density at radius 1 is 1.02 bits per heavy atom. The van der Waals surface area contributed by atoms with Crippen LogP contribution in [0.2, 0.25) is 0 Å². The highest BCUT2D eigenvalue weighted by molar-refractivity contribution is 7.59. The van der Waals surface area contributed by atoms with Crippen molar-refractivity contribution >= 4 is 52.6 Å². The van der Waals surface area contributed by atoms with Gasteiger partial charge < -0.3 is 40.0 Å². The van der Waals surface area contributed by atoms with E-state index in [1.165, 1.54) is 16.2 Å². The summed E-state index contributed by atoms with van der Waals surface area (Å²) in [6.07, 6.45) is 9.70. The highest BCUT2D eigenvalue weighted by Crippen LogP contribution is 2.71. The molecule has 4 aliphatic rings. The number of ether oxygens (including phenoxy) is 3. The molecule has 4 N–H and O–H groups in total. The number of pyridine rings is 1. The number of hydrogen-bond acceptors (Lipinski definition) is 11. The number of rotatable bonds is 11. The largest absolute Gasteiger partial charge is 0.497 e. The van der Waals surface area contributed by atoms with E-state index in [9.17, 15) is 23.8 Å². The second kappa shape index (κ2) is 18.8. The molecule has 1 unspecified atom stereocenters. The Kier molecular flexibility index (Phi) is 13.2. The Bertz CT molecular complexity index is 2340. The summed E-state index contributed by atoms with van der Waals surface area (Å²) in [6, 6.07) is 14.6. The van der Waals surface area contributed by atoms with Gasteiger partial charge in [0.15, 0.2) is 5.13 Å². The maximum absolute atomic E-state index is 14.9. The van der Waals surface area contributed by atoms with Crippen LogP contribution in [0.3, 0.4) is 0 Å². The molecule has 62 heavy (non-hydrogen) atoms. The van der Waals surface area contributed by atoms with Crippen LogP contribution in [0.15, 0.2) is 72.1 Å². The zero-order valence-electron chi connectivity index (χ0n) is 35.6. The van der Waals surface area contributed by atoms with E-state index < -0.39 is 48.7 Å². The first kappa shape index (κ1) is 43.7. The average Bonchev–Trinajstić information content (AvgIpc) is 3.66. The maximum Gasteiger partial charge on any atom is 0.408 e. The molecule has 4 aromatic rings. The smallest absolute Gasteiger partial charge is 0.408 e. The van der Waals surface area contributed by atoms with E-state index in [2.05, 4.69) is 16.0 Å². The monoisotopic (exact) mass is 884 g/mol. The topological polar surface area (TPSA) is 181 Å². The van der Waals surface area contributed by atoms with E-state index in [0.717, 1.165) is 50.1 Å². The van der Waals surface area contributed by atoms with Crippen LogP contribution in [-0.2, 0) is 25.1 Å². The molecule has 1 saturated heterocycles. The lowest BCUT2D eigenvalue weighted by atomic mass is 10.0. The molecule has 2 aromatic carbocycles. The molecule has 2 aromatic heterocycles. The molecule has 2 saturated carbocycles. The van der Waals surface area contributed by atoms with Crippen LogP contribution in [-0.4, -0.2) is 86.9 Å². The summed E-state index contributed by atoms with van der Waals surface area (Å²) in [5.74, 6) is -0.219. The van der Waals surface area contributed by atoms with Crippen molar-refractivity contribution < 1.29 is 38.1 Å². The first-order valence-electron chi connectivity index (χ1n) is 21.9. The van der Waals surface area contributed by atoms with Crippen molar-refractivity contribution in [3.8, 4) is 22.9 Å². The molecule has 0 radical (unpaired) electrons. The quantitative estimate of drug-likeness (QED) is 0.0839. The predicted molar refractivity (Wildman–Crippen MR) is 240 cm³/mol. The summed E-state index contributed by atoms with van der Waals surface area (Å²) < 4.78 is 32.6. The van der Waals surface area contributed by atoms with Crippen molar-refractivity contribution in [1.82, 2.24) is 25.5 Å². The zero-order valence-corrected chi connectivity index (χ0v) is 37.3. The first-order chi connectivity index (χ1) is 29.9. The standard InChI is InChI=1S/C46H57N6O8PS/c1-29(2)47-44-49-39(28-62-44)38-24-41(35-21-20-33(58-3)22-37(35)48-38)59-34-23-40-42(53)51-46(61(56,57)27-30-14-8-7-9-15-30)25-31(46)16-10-5-4-6-11-19-36(43(54)52(40)26-34)50-45(55)60-32-17-12-13-18-32/h7-10,14-16,20-22,24,28-29,31-32,34,36,40H,4-6,11-13,17-19,23,25-27H2,1-3H3,(H,47,49)(H,50,55)(H,51,53)(H,56,57)/b16-10-/t31-,34-,36+,40+,46+/m1/s1. The van der Waals surface area contributed by atoms with Gasteiger partial charge in [-0.2, -0.15) is 0 Å². The molecule has 14 nitrogen and oxygen atoms in total. The van der Waals surface area contributed by atoms with Crippen LogP contribution in [0, 0.1) is 5.92 Å². The van der Waals surface area contributed by atoms with Gasteiger partial charge in [0.1, 0.15) is 46.8 Å². The van der Waals surface area contributed by atoms with Crippen LogP contribution in [0.1, 0.15) is 90.0 Å². The lowest BCUT2D eigenvalue weighted by molar-refractivity contribution is -0.140. The minimum absolute atomic E-state index is 0.0262. The maximum atomic E-state index is 14.9. The van der Waals surface area contributed by atoms with Gasteiger partial charge in [-0.3, -0.25) is 14.2 Å². The van der Waals surface area contributed by atoms with E-state index in [-0.39, 0.29) is 37.2 Å². The summed E-state index contributed by atoms with van der Waals surface area (Å²) in [5, 5.41) is 11.3. The second-order valence-corrected chi connectivity index (χ2v) is 20.7. The molecule has 330 valence electrons. The zero-order chi connectivity index (χ0) is 43.4. The number of thiazole rings is 1. The van der Waals surface area contributed by atoms with Crippen molar-refractivity contribution in [2.45, 2.75) is 126 Å². The minimum Gasteiger partial charge on any atom is -0.497 e. The second-order valence-electron chi connectivity index (χ2n) is 17.4. The third-order valence-electron chi connectivity index (χ3n) is 12.4. The van der Waals surface area contributed by atoms with Crippen molar-refractivity contribution in [3.63, 3.8) is 0 Å². The van der Waals surface area contributed by atoms with Gasteiger partial charge in [-0.05, 0) is 82.9 Å². The third-order valence-corrected chi connectivity index (χ3v) is 15.8. The number of carbonyl (C=O) groups excluding carboxylic acids is 3. The number of hydrogen-bond donors (Lipinski definition) is 4. The highest BCUT2D eigenvalue weighted by Gasteiger charge is 2.66. The number of nitrogens with zero attached hydrogens (tertiary/aromatic N) is 3. The Balaban J connectivity index is 1.13. The van der Waals surface area contributed by atoms with Crippen molar-refractivity contribution in [1.29, 1.82) is 0 Å². The number of anilines is 1. The van der Waals surface area contributed by atoms with E-state index >= 15 is 0 Å². The molecule has 0 bridgehead atoms. The number of nitrogens with one attached hydrogen (secondary N) is 3. The molecular weight excluding hydrogens is 828 g/mol. The molecule has 0 spiro atoms. The Morgan fingerprint density at radius 3 is 2.58 bits per heavy atom. The summed E-state index contributed by atoms with van der Waals surface area (Å²) in [7, 11) is -2.47. The Hall–Kier alpha value is -4.98. The van der Waals surface area contributed by atoms with Crippen LogP contribution < -0.4 is 25.4 Å². The normalized spacial score (nSPS) is 26.0. The predicted octanol–water partition coefficient (Wildman–Crippen LogP) is 8.40. The van der Waals surface area contributed by atoms with E-state index in [1.54, 1.807) is 7.11 Å². The van der Waals surface area contributed by atoms with E-state index in [0.29, 0.717) is 58.6 Å². The van der Waals surface area contributed by atoms with Crippen molar-refractivity contribution in [2.24, 2.45) is 5.92 Å². The Morgan fingerprint density at radius 2 is 1.81 bits per heavy atom. The van der Waals surface area contributed by atoms with Gasteiger partial charge in [0.25, 0.3) is 0 Å². The van der Waals surface area contributed by atoms with Gasteiger partial charge >= 0.3 is 6.09 Å². The summed E-state index contributed by atoms with van der Waals surface area (Å²) >= 11 is 1.47. The van der Waals surface area contributed by atoms with E-state index in [4.69, 9.17) is 24.2 Å². The third kappa shape index (κ3) is 9.80. The number of methoxy groups -OCH3 is 1. The first-order valence-corrected chi connectivity index (χ1v) is 24.6. The van der Waals surface area contributed by atoms with Crippen LogP contribution in [0.25, 0.3) is 22.3 Å². The van der Waals surface area contributed by atoms with Gasteiger partial charge in [0.2, 0.25) is 19.2 Å². The SMILES string of the molecule is COc1ccc2c(O[C@@H]3C[C@H]4C(=O)N[C@]5(P(=O)(O)Cc6ccccc6)C[C@H]5/C=C\CCCCC[C@H](NC(=O)OC5CCCC5)C(=O)N4C3)cc(-c3csc(NC(C)C)n3)nc2c1. The fourth-order valence-electron chi connectivity index (χ4n) is 9.04. The van der Waals surface area contributed by atoms with Gasteiger partial charge in [0, 0.05) is 41.3 Å². The molecule has 6 atom stereocenters. The number of aromatic nitrogens is 2. The summed E-state index contributed by atoms with van der Waals surface area (Å²) in [5.41, 5.74) is 2.54. The van der Waals surface area contributed by atoms with Crippen LogP contribution in [0.5, 0.6) is 11.5 Å². The molecule has 16 heteroatoms. The summed E-state index contributed by atoms with van der Waals surface area (Å²) in [6.45, 7) is 4.11. The van der Waals surface area contributed by atoms with Gasteiger partial charge in [-0.1, -0.05) is 55.3 Å². The number of benzene rings is 2. The Labute approximate surface area is 366 Å². The number of fused-ring (bicyclic) bond motifs is 3. The summed E-state index contributed by atoms with van der Waals surface area (Å²) in [4.78, 5) is 66.1. The van der Waals surface area contributed by atoms with Gasteiger partial charge in [0.05, 0.1) is 31.0 Å². The molecule has 4 heterocycles. The van der Waals surface area contributed by atoms with Gasteiger partial charge in [-0.15, -0.1) is 11.3 Å². The minimum atomic E-state index is -4.06. The fraction of sp³-hybridized carbons (Fsp3) is 0.500. The van der Waals surface area contributed by atoms with Crippen LogP contribution in [0.4, 0.5) is 9.93 Å². The molecule has 8 rings (SSSR count). The number of alkyl carbamates (subject to hydrolysis) is 1. The number of amides is 3. The molecule has 3 amide bonds. The molecule has 2 aliphatic heterocycles. The molecule has 3 fully saturated rings. The highest BCUT2D eigenvalue weighted by atomic mass is 32.1. The average molecular weight is 885 g/mol. The number of carbonyl (C=O) groups is 3. The lowest BCUT2D eigenvalue weighted by Gasteiger charge is -2.31. The van der Waals surface area contributed by atoms with Crippen molar-refractivity contribution in [2.75, 3.05) is 19.0 Å². The lowest BCUT2D eigenvalue weighted by Crippen LogP contribution is -2.55. The number of allylic oxidation sites excluding steroid dienone is 1. The molecular formula is C46H57N6O8PS. The molecule has 2 aliphatic carbocycles. The van der Waals surface area contributed by atoms with Crippen molar-refractivity contribution in [3.05, 3.63) is 77.7 Å².